The Hall–Kier alpha value is -2.34. The topological polar surface area (TPSA) is 70.2 Å². The molecule has 6 heteroatoms. The molecule has 2 N–H and O–H groups in total. The number of carbonyl (C=O) groups is 1. The van der Waals surface area contributed by atoms with Gasteiger partial charge in [0.1, 0.15) is 5.75 Å². The Morgan fingerprint density at radius 2 is 2.29 bits per heavy atom. The second kappa shape index (κ2) is 7.49. The molecule has 1 fully saturated rings. The van der Waals surface area contributed by atoms with Gasteiger partial charge < -0.3 is 10.1 Å². The summed E-state index contributed by atoms with van der Waals surface area (Å²) in [6.07, 6.45) is 1.09. The summed E-state index contributed by atoms with van der Waals surface area (Å²) < 4.78 is 5.24. The number of methoxy groups -OCH3 is 1. The summed E-state index contributed by atoms with van der Waals surface area (Å²) >= 11 is 0. The Kier molecular flexibility index (Phi) is 5.15. The summed E-state index contributed by atoms with van der Waals surface area (Å²) in [5, 5.41) is 10.3. The average Bonchev–Trinajstić information content (AvgIpc) is 3.21. The molecule has 1 atom stereocenters. The first kappa shape index (κ1) is 16.5. The SMILES string of the molecule is COc1ccccc1C(=O)NC[C@H]1CCN(Cc2cc(C)[nH]n2)C1. The fourth-order valence-corrected chi connectivity index (χ4v) is 3.17. The normalized spacial score (nSPS) is 17.8. The van der Waals surface area contributed by atoms with Crippen molar-refractivity contribution in [2.24, 2.45) is 5.92 Å². The van der Waals surface area contributed by atoms with Gasteiger partial charge >= 0.3 is 0 Å². The molecule has 24 heavy (non-hydrogen) atoms. The van der Waals surface area contributed by atoms with Crippen molar-refractivity contribution < 1.29 is 9.53 Å². The Morgan fingerprint density at radius 1 is 1.46 bits per heavy atom. The number of hydrogen-bond donors (Lipinski definition) is 2. The quantitative estimate of drug-likeness (QED) is 0.851. The maximum atomic E-state index is 12.3. The number of nitrogens with zero attached hydrogens (tertiary/aromatic N) is 2. The molecule has 1 amide bonds. The van der Waals surface area contributed by atoms with Crippen LogP contribution in [0.2, 0.25) is 0 Å². The van der Waals surface area contributed by atoms with E-state index in [-0.39, 0.29) is 5.91 Å². The van der Waals surface area contributed by atoms with Crippen LogP contribution >= 0.6 is 0 Å². The zero-order valence-electron chi connectivity index (χ0n) is 14.2. The number of aromatic nitrogens is 2. The summed E-state index contributed by atoms with van der Waals surface area (Å²) in [4.78, 5) is 14.7. The van der Waals surface area contributed by atoms with Crippen LogP contribution in [0, 0.1) is 12.8 Å². The molecule has 2 aromatic rings. The highest BCUT2D eigenvalue weighted by molar-refractivity contribution is 5.96. The van der Waals surface area contributed by atoms with Crippen molar-refractivity contribution in [2.75, 3.05) is 26.7 Å². The number of hydrogen-bond acceptors (Lipinski definition) is 4. The van der Waals surface area contributed by atoms with E-state index in [0.717, 1.165) is 37.4 Å². The van der Waals surface area contributed by atoms with Crippen molar-refractivity contribution in [3.8, 4) is 5.75 Å². The molecule has 0 unspecified atom stereocenters. The lowest BCUT2D eigenvalue weighted by Crippen LogP contribution is -2.31. The van der Waals surface area contributed by atoms with Gasteiger partial charge in [-0.1, -0.05) is 12.1 Å². The number of likely N-dealkylation sites (tertiary alicyclic amines) is 1. The number of rotatable bonds is 6. The molecule has 1 saturated heterocycles. The van der Waals surface area contributed by atoms with Crippen LogP contribution in [0.3, 0.4) is 0 Å². The van der Waals surface area contributed by atoms with Crippen molar-refractivity contribution in [1.29, 1.82) is 0 Å². The minimum Gasteiger partial charge on any atom is -0.496 e. The van der Waals surface area contributed by atoms with Crippen LogP contribution in [0.4, 0.5) is 0 Å². The number of ether oxygens (including phenoxy) is 1. The van der Waals surface area contributed by atoms with Gasteiger partial charge in [-0.15, -0.1) is 0 Å². The van der Waals surface area contributed by atoms with Gasteiger partial charge in [0.25, 0.3) is 5.91 Å². The van der Waals surface area contributed by atoms with Crippen LogP contribution in [-0.2, 0) is 6.54 Å². The van der Waals surface area contributed by atoms with E-state index in [4.69, 9.17) is 4.74 Å². The smallest absolute Gasteiger partial charge is 0.255 e. The molecule has 1 aliphatic rings. The lowest BCUT2D eigenvalue weighted by molar-refractivity contribution is 0.0944. The molecular weight excluding hydrogens is 304 g/mol. The van der Waals surface area contributed by atoms with Gasteiger partial charge in [-0.2, -0.15) is 5.10 Å². The summed E-state index contributed by atoms with van der Waals surface area (Å²) in [6.45, 7) is 5.59. The number of para-hydroxylation sites is 1. The van der Waals surface area contributed by atoms with E-state index < -0.39 is 0 Å². The number of H-pyrrole nitrogens is 1. The van der Waals surface area contributed by atoms with Crippen molar-refractivity contribution in [2.45, 2.75) is 19.9 Å². The predicted octanol–water partition coefficient (Wildman–Crippen LogP) is 1.98. The molecule has 1 aliphatic heterocycles. The number of amides is 1. The highest BCUT2D eigenvalue weighted by Crippen LogP contribution is 2.19. The van der Waals surface area contributed by atoms with Crippen molar-refractivity contribution in [3.05, 3.63) is 47.3 Å². The van der Waals surface area contributed by atoms with Gasteiger partial charge in [-0.05, 0) is 44.0 Å². The third kappa shape index (κ3) is 3.94. The van der Waals surface area contributed by atoms with Crippen molar-refractivity contribution in [1.82, 2.24) is 20.4 Å². The first-order chi connectivity index (χ1) is 11.7. The predicted molar refractivity (Wildman–Crippen MR) is 92.0 cm³/mol. The fourth-order valence-electron chi connectivity index (χ4n) is 3.17. The van der Waals surface area contributed by atoms with E-state index in [1.165, 1.54) is 0 Å². The van der Waals surface area contributed by atoms with Gasteiger partial charge in [0.2, 0.25) is 0 Å². The molecule has 1 aromatic carbocycles. The van der Waals surface area contributed by atoms with E-state index in [1.54, 1.807) is 19.2 Å². The fraction of sp³-hybridized carbons (Fsp3) is 0.444. The Balaban J connectivity index is 1.48. The first-order valence-electron chi connectivity index (χ1n) is 8.30. The highest BCUT2D eigenvalue weighted by Gasteiger charge is 2.24. The molecular formula is C18H24N4O2. The molecule has 6 nitrogen and oxygen atoms in total. The second-order valence-electron chi connectivity index (χ2n) is 6.34. The van der Waals surface area contributed by atoms with Crippen LogP contribution < -0.4 is 10.1 Å². The van der Waals surface area contributed by atoms with Crippen LogP contribution in [0.1, 0.15) is 28.2 Å². The molecule has 3 rings (SSSR count). The van der Waals surface area contributed by atoms with Gasteiger partial charge in [0.15, 0.2) is 0 Å². The number of nitrogens with one attached hydrogen (secondary N) is 2. The van der Waals surface area contributed by atoms with E-state index in [9.17, 15) is 4.79 Å². The van der Waals surface area contributed by atoms with Gasteiger partial charge in [0, 0.05) is 25.3 Å². The summed E-state index contributed by atoms with van der Waals surface area (Å²) in [7, 11) is 1.58. The number of carbonyl (C=O) groups excluding carboxylic acids is 1. The van der Waals surface area contributed by atoms with E-state index in [0.29, 0.717) is 23.8 Å². The monoisotopic (exact) mass is 328 g/mol. The van der Waals surface area contributed by atoms with E-state index in [1.807, 2.05) is 19.1 Å². The number of benzene rings is 1. The summed E-state index contributed by atoms with van der Waals surface area (Å²) in [5.41, 5.74) is 2.75. The first-order valence-corrected chi connectivity index (χ1v) is 8.30. The minimum atomic E-state index is -0.0752. The van der Waals surface area contributed by atoms with Crippen LogP contribution in [0.5, 0.6) is 5.75 Å². The van der Waals surface area contributed by atoms with Crippen molar-refractivity contribution >= 4 is 5.91 Å². The molecule has 0 bridgehead atoms. The molecule has 0 saturated carbocycles. The number of aryl methyl sites for hydroxylation is 1. The molecule has 2 heterocycles. The Labute approximate surface area is 142 Å². The van der Waals surface area contributed by atoms with Gasteiger partial charge in [-0.25, -0.2) is 0 Å². The third-order valence-corrected chi connectivity index (χ3v) is 4.42. The molecule has 1 aromatic heterocycles. The zero-order chi connectivity index (χ0) is 16.9. The van der Waals surface area contributed by atoms with Gasteiger partial charge in [-0.3, -0.25) is 14.8 Å². The van der Waals surface area contributed by atoms with Crippen LogP contribution in [0.15, 0.2) is 30.3 Å². The average molecular weight is 328 g/mol. The second-order valence-corrected chi connectivity index (χ2v) is 6.34. The van der Waals surface area contributed by atoms with Crippen LogP contribution in [-0.4, -0.2) is 47.7 Å². The Bertz CT molecular complexity index is 698. The third-order valence-electron chi connectivity index (χ3n) is 4.42. The minimum absolute atomic E-state index is 0.0752. The highest BCUT2D eigenvalue weighted by atomic mass is 16.5. The van der Waals surface area contributed by atoms with Crippen molar-refractivity contribution in [3.63, 3.8) is 0 Å². The Morgan fingerprint density at radius 3 is 3.04 bits per heavy atom. The molecule has 128 valence electrons. The summed E-state index contributed by atoms with van der Waals surface area (Å²) in [5.74, 6) is 1.01. The standard InChI is InChI=1S/C18H24N4O2/c1-13-9-15(21-20-13)12-22-8-7-14(11-22)10-19-18(23)16-5-3-4-6-17(16)24-2/h3-6,9,14H,7-8,10-12H2,1-2H3,(H,19,23)(H,20,21)/t14-/m1/s1. The maximum absolute atomic E-state index is 12.3. The molecule has 0 aliphatic carbocycles. The van der Waals surface area contributed by atoms with Crippen LogP contribution in [0.25, 0.3) is 0 Å². The zero-order valence-corrected chi connectivity index (χ0v) is 14.2. The largest absolute Gasteiger partial charge is 0.496 e. The maximum Gasteiger partial charge on any atom is 0.255 e. The van der Waals surface area contributed by atoms with Gasteiger partial charge in [0.05, 0.1) is 18.4 Å². The molecule has 0 radical (unpaired) electrons. The number of aromatic amines is 1. The summed E-state index contributed by atoms with van der Waals surface area (Å²) in [6, 6.07) is 9.38. The lowest BCUT2D eigenvalue weighted by atomic mass is 10.1. The lowest BCUT2D eigenvalue weighted by Gasteiger charge is -2.15. The van der Waals surface area contributed by atoms with E-state index in [2.05, 4.69) is 26.5 Å². The van der Waals surface area contributed by atoms with E-state index >= 15 is 0 Å². The molecule has 0 spiro atoms.